The molecule has 0 fully saturated rings. The number of carbonyl (C=O) groups is 1. The first kappa shape index (κ1) is 13.8. The molecule has 2 rings (SSSR count). The Morgan fingerprint density at radius 2 is 1.70 bits per heavy atom. The third kappa shape index (κ3) is 3.23. The molecule has 3 nitrogen and oxygen atoms in total. The summed E-state index contributed by atoms with van der Waals surface area (Å²) in [5.74, 6) is -0.767. The Labute approximate surface area is 115 Å². The van der Waals surface area contributed by atoms with E-state index in [9.17, 15) is 14.3 Å². The number of rotatable bonds is 4. The highest BCUT2D eigenvalue weighted by atomic mass is 19.1. The minimum absolute atomic E-state index is 0.107. The molecule has 0 aliphatic heterocycles. The molecule has 102 valence electrons. The molecular formula is C16H13FO3. The van der Waals surface area contributed by atoms with Gasteiger partial charge in [-0.3, -0.25) is 0 Å². The lowest BCUT2D eigenvalue weighted by atomic mass is 10.0. The summed E-state index contributed by atoms with van der Waals surface area (Å²) in [6.45, 7) is 0. The van der Waals surface area contributed by atoms with Crippen LogP contribution >= 0.6 is 0 Å². The molecule has 2 aromatic rings. The molecule has 0 saturated heterocycles. The third-order valence-corrected chi connectivity index (χ3v) is 2.81. The Morgan fingerprint density at radius 1 is 1.10 bits per heavy atom. The van der Waals surface area contributed by atoms with Gasteiger partial charge in [0.05, 0.1) is 12.7 Å². The van der Waals surface area contributed by atoms with Crippen LogP contribution in [-0.4, -0.2) is 18.2 Å². The lowest BCUT2D eigenvalue weighted by Crippen LogP contribution is -1.99. The quantitative estimate of drug-likeness (QED) is 0.685. The molecule has 0 amide bonds. The van der Waals surface area contributed by atoms with Gasteiger partial charge in [0.1, 0.15) is 11.6 Å². The first-order chi connectivity index (χ1) is 9.60. The predicted octanol–water partition coefficient (Wildman–Crippen LogP) is 3.46. The van der Waals surface area contributed by atoms with Crippen LogP contribution < -0.4 is 4.74 Å². The van der Waals surface area contributed by atoms with Crippen molar-refractivity contribution in [3.63, 3.8) is 0 Å². The molecule has 0 saturated carbocycles. The van der Waals surface area contributed by atoms with Gasteiger partial charge >= 0.3 is 5.97 Å². The van der Waals surface area contributed by atoms with Crippen LogP contribution in [0.2, 0.25) is 0 Å². The van der Waals surface area contributed by atoms with Crippen molar-refractivity contribution in [3.8, 4) is 5.75 Å². The summed E-state index contributed by atoms with van der Waals surface area (Å²) in [5.41, 5.74) is 1.29. The fraction of sp³-hybridized carbons (Fsp3) is 0.0625. The van der Waals surface area contributed by atoms with Gasteiger partial charge in [-0.05, 0) is 41.5 Å². The molecule has 0 heterocycles. The zero-order valence-corrected chi connectivity index (χ0v) is 10.8. The number of carboxylic acid groups (broad SMARTS) is 1. The number of hydrogen-bond donors (Lipinski definition) is 1. The molecule has 0 unspecified atom stereocenters. The summed E-state index contributed by atoms with van der Waals surface area (Å²) in [7, 11) is 1.56. The van der Waals surface area contributed by atoms with E-state index >= 15 is 0 Å². The van der Waals surface area contributed by atoms with Gasteiger partial charge in [-0.2, -0.15) is 0 Å². The lowest BCUT2D eigenvalue weighted by molar-refractivity contribution is -0.130. The van der Waals surface area contributed by atoms with Crippen molar-refractivity contribution in [3.05, 3.63) is 65.5 Å². The maximum absolute atomic E-state index is 12.9. The highest BCUT2D eigenvalue weighted by Crippen LogP contribution is 2.20. The molecule has 0 aliphatic carbocycles. The zero-order valence-electron chi connectivity index (χ0n) is 10.8. The van der Waals surface area contributed by atoms with E-state index in [1.807, 2.05) is 0 Å². The zero-order chi connectivity index (χ0) is 14.5. The first-order valence-electron chi connectivity index (χ1n) is 5.95. The summed E-state index contributed by atoms with van der Waals surface area (Å²) >= 11 is 0. The van der Waals surface area contributed by atoms with Gasteiger partial charge in [-0.25, -0.2) is 9.18 Å². The Hall–Kier alpha value is -2.62. The van der Waals surface area contributed by atoms with Crippen molar-refractivity contribution in [1.29, 1.82) is 0 Å². The molecule has 0 aliphatic rings. The van der Waals surface area contributed by atoms with Crippen LogP contribution in [0.15, 0.2) is 48.5 Å². The smallest absolute Gasteiger partial charge is 0.336 e. The molecule has 0 radical (unpaired) electrons. The van der Waals surface area contributed by atoms with Gasteiger partial charge in [0, 0.05) is 0 Å². The fourth-order valence-corrected chi connectivity index (χ4v) is 1.76. The van der Waals surface area contributed by atoms with Crippen LogP contribution in [0.1, 0.15) is 11.1 Å². The van der Waals surface area contributed by atoms with E-state index in [1.165, 1.54) is 30.3 Å². The van der Waals surface area contributed by atoms with Crippen molar-refractivity contribution in [2.75, 3.05) is 7.11 Å². The molecule has 0 spiro atoms. The standard InChI is InChI=1S/C16H13FO3/c1-20-14-8-2-11(3-9-14)10-15(16(18)19)12-4-6-13(17)7-5-12/h2-10H,1H3,(H,18,19)/b15-10+. The number of aliphatic carboxylic acids is 1. The van der Waals surface area contributed by atoms with Crippen molar-refractivity contribution in [1.82, 2.24) is 0 Å². The number of halogens is 1. The van der Waals surface area contributed by atoms with Gasteiger partial charge in [-0.15, -0.1) is 0 Å². The van der Waals surface area contributed by atoms with Gasteiger partial charge in [0.25, 0.3) is 0 Å². The number of methoxy groups -OCH3 is 1. The Morgan fingerprint density at radius 3 is 2.20 bits per heavy atom. The number of carboxylic acids is 1. The van der Waals surface area contributed by atoms with Crippen LogP contribution in [-0.2, 0) is 4.79 Å². The highest BCUT2D eigenvalue weighted by Gasteiger charge is 2.10. The van der Waals surface area contributed by atoms with Crippen LogP contribution in [0.3, 0.4) is 0 Å². The molecule has 4 heteroatoms. The average Bonchev–Trinajstić information content (AvgIpc) is 2.46. The maximum Gasteiger partial charge on any atom is 0.336 e. The minimum atomic E-state index is -1.06. The summed E-state index contributed by atoms with van der Waals surface area (Å²) in [5, 5.41) is 9.27. The summed E-state index contributed by atoms with van der Waals surface area (Å²) in [6.07, 6.45) is 1.54. The summed E-state index contributed by atoms with van der Waals surface area (Å²) in [4.78, 5) is 11.3. The van der Waals surface area contributed by atoms with Crippen LogP contribution in [0.5, 0.6) is 5.75 Å². The second-order valence-corrected chi connectivity index (χ2v) is 4.14. The topological polar surface area (TPSA) is 46.5 Å². The van der Waals surface area contributed by atoms with E-state index in [1.54, 1.807) is 31.4 Å². The van der Waals surface area contributed by atoms with Gasteiger partial charge in [0.2, 0.25) is 0 Å². The van der Waals surface area contributed by atoms with E-state index in [-0.39, 0.29) is 5.57 Å². The summed E-state index contributed by atoms with van der Waals surface area (Å²) in [6, 6.07) is 12.4. The lowest BCUT2D eigenvalue weighted by Gasteiger charge is -2.04. The Balaban J connectivity index is 2.39. The predicted molar refractivity (Wildman–Crippen MR) is 74.9 cm³/mol. The maximum atomic E-state index is 12.9. The molecule has 0 bridgehead atoms. The number of hydrogen-bond acceptors (Lipinski definition) is 2. The fourth-order valence-electron chi connectivity index (χ4n) is 1.76. The largest absolute Gasteiger partial charge is 0.497 e. The van der Waals surface area contributed by atoms with Crippen LogP contribution in [0.4, 0.5) is 4.39 Å². The molecule has 0 aromatic heterocycles. The first-order valence-corrected chi connectivity index (χ1v) is 5.95. The molecule has 1 N–H and O–H groups in total. The van der Waals surface area contributed by atoms with Gasteiger partial charge < -0.3 is 9.84 Å². The van der Waals surface area contributed by atoms with E-state index in [4.69, 9.17) is 4.74 Å². The van der Waals surface area contributed by atoms with Crippen LogP contribution in [0, 0.1) is 5.82 Å². The molecular weight excluding hydrogens is 259 g/mol. The van der Waals surface area contributed by atoms with E-state index in [0.29, 0.717) is 11.3 Å². The van der Waals surface area contributed by atoms with Crippen molar-refractivity contribution >= 4 is 17.6 Å². The normalized spacial score (nSPS) is 11.2. The SMILES string of the molecule is COc1ccc(/C=C(/C(=O)O)c2ccc(F)cc2)cc1. The molecule has 2 aromatic carbocycles. The summed E-state index contributed by atoms with van der Waals surface area (Å²) < 4.78 is 17.9. The van der Waals surface area contributed by atoms with E-state index in [0.717, 1.165) is 5.56 Å². The monoisotopic (exact) mass is 272 g/mol. The number of benzene rings is 2. The van der Waals surface area contributed by atoms with Gasteiger partial charge in [0.15, 0.2) is 0 Å². The van der Waals surface area contributed by atoms with Crippen molar-refractivity contribution in [2.24, 2.45) is 0 Å². The number of ether oxygens (including phenoxy) is 1. The third-order valence-electron chi connectivity index (χ3n) is 2.81. The van der Waals surface area contributed by atoms with Crippen LogP contribution in [0.25, 0.3) is 11.6 Å². The van der Waals surface area contributed by atoms with Crippen molar-refractivity contribution in [2.45, 2.75) is 0 Å². The highest BCUT2D eigenvalue weighted by molar-refractivity contribution is 6.20. The van der Waals surface area contributed by atoms with Crippen molar-refractivity contribution < 1.29 is 19.0 Å². The molecule has 0 atom stereocenters. The molecule has 20 heavy (non-hydrogen) atoms. The van der Waals surface area contributed by atoms with E-state index in [2.05, 4.69) is 0 Å². The Bertz CT molecular complexity index is 628. The van der Waals surface area contributed by atoms with E-state index < -0.39 is 11.8 Å². The van der Waals surface area contributed by atoms with Gasteiger partial charge in [-0.1, -0.05) is 24.3 Å². The minimum Gasteiger partial charge on any atom is -0.497 e. The average molecular weight is 272 g/mol. The Kier molecular flexibility index (Phi) is 4.15. The second-order valence-electron chi connectivity index (χ2n) is 4.14. The second kappa shape index (κ2) is 6.02.